The fourth-order valence-corrected chi connectivity index (χ4v) is 9.89. The fraction of sp³-hybridized carbons (Fsp3) is 0.711. The van der Waals surface area contributed by atoms with E-state index in [-0.39, 0.29) is 0 Å². The molecule has 0 fully saturated rings. The van der Waals surface area contributed by atoms with E-state index in [4.69, 9.17) is 19.5 Å². The lowest BCUT2D eigenvalue weighted by molar-refractivity contribution is 0.362. The van der Waals surface area contributed by atoms with E-state index in [0.29, 0.717) is 107 Å². The van der Waals surface area contributed by atoms with Crippen LogP contribution in [0.4, 0.5) is 0 Å². The molecule has 0 amide bonds. The molecule has 0 aliphatic rings. The van der Waals surface area contributed by atoms with E-state index < -0.39 is 0 Å². The van der Waals surface area contributed by atoms with Gasteiger partial charge in [0.15, 0.2) is 0 Å². The maximum Gasteiger partial charge on any atom is 0.142 e. The molecule has 7 aromatic rings. The van der Waals surface area contributed by atoms with Crippen LogP contribution in [0.15, 0.2) is 28.9 Å². The quantitative estimate of drug-likeness (QED) is 0.0793. The molecule has 0 radical (unpaired) electrons. The van der Waals surface area contributed by atoms with E-state index >= 15 is 0 Å². The zero-order valence-electron chi connectivity index (χ0n) is 64.4. The molecule has 1 aromatic carbocycles. The van der Waals surface area contributed by atoms with E-state index in [0.717, 1.165) is 85.5 Å². The predicted octanol–water partition coefficient (Wildman–Crippen LogP) is 22.3. The third kappa shape index (κ3) is 23.9. The highest BCUT2D eigenvalue weighted by molar-refractivity contribution is 5.75. The van der Waals surface area contributed by atoms with E-state index in [9.17, 15) is 0 Å². The second kappa shape index (κ2) is 37.1. The molecule has 0 aliphatic heterocycles. The van der Waals surface area contributed by atoms with Crippen molar-refractivity contribution in [2.75, 3.05) is 0 Å². The van der Waals surface area contributed by atoms with E-state index in [2.05, 4.69) is 313 Å². The van der Waals surface area contributed by atoms with Crippen LogP contribution >= 0.6 is 0 Å². The van der Waals surface area contributed by atoms with Crippen molar-refractivity contribution >= 4 is 11.0 Å². The average Bonchev–Trinajstić information content (AvgIpc) is 1.73. The monoisotopic (exact) mass is 1260 g/mol. The van der Waals surface area contributed by atoms with Gasteiger partial charge in [0, 0.05) is 41.5 Å². The number of aromatic nitrogens is 14. The minimum absolute atomic E-state index is 0.347. The van der Waals surface area contributed by atoms with Crippen LogP contribution in [0, 0.1) is 0 Å². The lowest BCUT2D eigenvalue weighted by Crippen LogP contribution is -2.11. The normalized spacial score (nSPS) is 12.0. The molecule has 0 spiro atoms. The summed E-state index contributed by atoms with van der Waals surface area (Å²) in [5.74, 6) is 10.8. The molecule has 0 N–H and O–H groups in total. The van der Waals surface area contributed by atoms with Crippen molar-refractivity contribution in [3.63, 3.8) is 0 Å². The summed E-state index contributed by atoms with van der Waals surface area (Å²) in [5, 5.41) is 21.8. The molecule has 6 heterocycles. The molecule has 15 heteroatoms. The highest BCUT2D eigenvalue weighted by Gasteiger charge is 2.24. The number of hydrogen-bond acceptors (Lipinski definition) is 13. The van der Waals surface area contributed by atoms with Gasteiger partial charge in [0.05, 0.1) is 74.0 Å². The Bertz CT molecular complexity index is 3010. The third-order valence-corrected chi connectivity index (χ3v) is 15.3. The maximum atomic E-state index is 5.43. The first-order valence-corrected chi connectivity index (χ1v) is 34.9. The average molecular weight is 1260 g/mol. The minimum atomic E-state index is 0.347. The van der Waals surface area contributed by atoms with Gasteiger partial charge in [0.1, 0.15) is 23.2 Å². The molecule has 6 aromatic heterocycles. The van der Waals surface area contributed by atoms with Gasteiger partial charge >= 0.3 is 0 Å². The van der Waals surface area contributed by atoms with Gasteiger partial charge in [-0.15, -0.1) is 5.10 Å². The van der Waals surface area contributed by atoms with E-state index in [1.165, 1.54) is 16.8 Å². The summed E-state index contributed by atoms with van der Waals surface area (Å²) in [6, 6.07) is 7.20. The second-order valence-electron chi connectivity index (χ2n) is 30.3. The summed E-state index contributed by atoms with van der Waals surface area (Å²) in [7, 11) is 0. The summed E-state index contributed by atoms with van der Waals surface area (Å²) >= 11 is 0. The van der Waals surface area contributed by atoms with Gasteiger partial charge in [-0.3, -0.25) is 9.97 Å². The van der Waals surface area contributed by atoms with Gasteiger partial charge in [0.25, 0.3) is 0 Å². The molecule has 0 bridgehead atoms. The Morgan fingerprint density at radius 2 is 0.736 bits per heavy atom. The summed E-state index contributed by atoms with van der Waals surface area (Å²) < 4.78 is 7.47. The van der Waals surface area contributed by atoms with Gasteiger partial charge in [0.2, 0.25) is 0 Å². The van der Waals surface area contributed by atoms with Gasteiger partial charge < -0.3 is 4.52 Å². The van der Waals surface area contributed by atoms with Crippen LogP contribution < -0.4 is 0 Å². The van der Waals surface area contributed by atoms with Crippen LogP contribution in [0.1, 0.15) is 447 Å². The van der Waals surface area contributed by atoms with Crippen molar-refractivity contribution in [3.05, 3.63) is 116 Å². The lowest BCUT2D eigenvalue weighted by atomic mass is 9.92. The first-order valence-electron chi connectivity index (χ1n) is 34.9. The first kappa shape index (κ1) is 81.2. The number of nitrogens with zero attached hydrogens (tertiary/aromatic N) is 14. The Balaban J connectivity index is 0.000000374. The van der Waals surface area contributed by atoms with Crippen LogP contribution in [0.3, 0.4) is 0 Å². The van der Waals surface area contributed by atoms with E-state index in [1.54, 1.807) is 0 Å². The van der Waals surface area contributed by atoms with Gasteiger partial charge in [-0.2, -0.15) is 15.0 Å². The van der Waals surface area contributed by atoms with Crippen LogP contribution in [0.25, 0.3) is 11.0 Å². The number of fused-ring (bicyclic) bond motifs is 1. The second-order valence-corrected chi connectivity index (χ2v) is 30.3. The SMILES string of the molecule is CC(C)c1ccc2nc(C(C)C)c(C(C)C)nc2c1.CC(C)c1cnc(C(C)C)c(C(C)C)n1.CC(C)c1nc(C(C)C)nc(C(C)C)n1.CC(C)c1nn(C(C)C)nc1C(C)C.CC(C)c1nnn(C(C)C)c1C(C)C.CC(C)c1noc(C(C)C)c1C(C)C. The lowest BCUT2D eigenvalue weighted by Gasteiger charge is -2.16. The summed E-state index contributed by atoms with van der Waals surface area (Å²) in [4.78, 5) is 34.3. The smallest absolute Gasteiger partial charge is 0.142 e. The molecule has 0 unspecified atom stereocenters. The predicted molar refractivity (Wildman–Crippen MR) is 384 cm³/mol. The molecule has 15 nitrogen and oxygen atoms in total. The Labute approximate surface area is 554 Å². The summed E-state index contributed by atoms with van der Waals surface area (Å²) in [6.07, 6.45) is 1.92. The molecule has 0 aliphatic carbocycles. The molecule has 7 rings (SSSR count). The van der Waals surface area contributed by atoms with Crippen molar-refractivity contribution in [1.29, 1.82) is 0 Å². The Hall–Kier alpha value is -5.86. The van der Waals surface area contributed by atoms with Crippen molar-refractivity contribution in [1.82, 2.24) is 70.0 Å². The third-order valence-electron chi connectivity index (χ3n) is 15.3. The van der Waals surface area contributed by atoms with Crippen LogP contribution in [-0.2, 0) is 0 Å². The molecule has 0 saturated carbocycles. The summed E-state index contributed by atoms with van der Waals surface area (Å²) in [6.45, 7) is 77.8. The van der Waals surface area contributed by atoms with Crippen molar-refractivity contribution in [2.45, 2.75) is 356 Å². The standard InChI is InChI=1S/C17H24N2.C13H22N2.C12H21N3.C12H21NO.2C11H21N3/c1-10(2)13-7-8-14-15(9-13)19-17(12(5)6)16(18-14)11(3)4;1-8(2)11-7-14-12(9(3)4)13(15-11)10(5)6;1-7(2)10-13-11(8(3)4)15-12(14-10)9(5)6;1-7(2)10-11(8(3)4)13-14-12(10)9(5)6;1-7(2)10-11(8(3)4)14(9(5)6)13-12-10;1-7(2)10-11(8(3)4)13-14(12-10)9(5)6/h7-12H,1-6H3;7-10H,1-6H3;7-9H,1-6H3;3*7-9H,1-6H3. The Kier molecular flexibility index (Phi) is 33.2. The zero-order valence-corrected chi connectivity index (χ0v) is 64.4. The van der Waals surface area contributed by atoms with Crippen LogP contribution in [0.5, 0.6) is 0 Å². The number of rotatable bonds is 18. The van der Waals surface area contributed by atoms with E-state index in [1.807, 2.05) is 15.7 Å². The largest absolute Gasteiger partial charge is 0.361 e. The molecular weight excluding hydrogens is 1120 g/mol. The highest BCUT2D eigenvalue weighted by Crippen LogP contribution is 2.34. The molecule has 91 heavy (non-hydrogen) atoms. The Morgan fingerprint density at radius 3 is 1.07 bits per heavy atom. The fourth-order valence-electron chi connectivity index (χ4n) is 9.89. The van der Waals surface area contributed by atoms with Gasteiger partial charge in [-0.05, 0) is 116 Å². The molecule has 0 atom stereocenters. The summed E-state index contributed by atoms with van der Waals surface area (Å²) in [5.41, 5.74) is 16.2. The topological polar surface area (TPSA) is 178 Å². The molecular formula is C76H130N14O. The van der Waals surface area contributed by atoms with Crippen molar-refractivity contribution < 1.29 is 4.52 Å². The Morgan fingerprint density at radius 1 is 0.330 bits per heavy atom. The zero-order chi connectivity index (χ0) is 70.0. The van der Waals surface area contributed by atoms with Crippen molar-refractivity contribution in [2.24, 2.45) is 0 Å². The van der Waals surface area contributed by atoms with Crippen molar-refractivity contribution in [3.8, 4) is 0 Å². The van der Waals surface area contributed by atoms with Gasteiger partial charge in [-0.25, -0.2) is 29.6 Å². The number of benzene rings is 1. The van der Waals surface area contributed by atoms with Gasteiger partial charge in [-0.1, -0.05) is 238 Å². The molecule has 0 saturated heterocycles. The minimum Gasteiger partial charge on any atom is -0.361 e. The maximum absolute atomic E-state index is 5.43. The van der Waals surface area contributed by atoms with Crippen LogP contribution in [0.2, 0.25) is 0 Å². The first-order chi connectivity index (χ1) is 42.1. The molecule has 510 valence electrons. The highest BCUT2D eigenvalue weighted by atomic mass is 16.5. The number of hydrogen-bond donors (Lipinski definition) is 0. The van der Waals surface area contributed by atoms with Crippen LogP contribution in [-0.4, -0.2) is 70.0 Å².